The maximum atomic E-state index is 6.31. The number of para-hydroxylation sites is 1. The summed E-state index contributed by atoms with van der Waals surface area (Å²) < 4.78 is 2.71. The van der Waals surface area contributed by atoms with Crippen molar-refractivity contribution in [3.8, 4) is 5.69 Å². The van der Waals surface area contributed by atoms with Crippen LogP contribution in [-0.4, -0.2) is 14.8 Å². The van der Waals surface area contributed by atoms with Gasteiger partial charge in [-0.2, -0.15) is 5.10 Å². The fourth-order valence-corrected chi connectivity index (χ4v) is 2.72. The number of benzene rings is 1. The number of aromatic nitrogens is 3. The summed E-state index contributed by atoms with van der Waals surface area (Å²) in [6.45, 7) is 0.654. The summed E-state index contributed by atoms with van der Waals surface area (Å²) >= 11 is 9.73. The Morgan fingerprint density at radius 1 is 1.24 bits per heavy atom. The van der Waals surface area contributed by atoms with E-state index >= 15 is 0 Å². The van der Waals surface area contributed by atoms with E-state index in [1.165, 1.54) is 0 Å². The van der Waals surface area contributed by atoms with Crippen molar-refractivity contribution >= 4 is 33.2 Å². The first kappa shape index (κ1) is 14.1. The number of nitrogens with zero attached hydrogens (tertiary/aromatic N) is 3. The molecule has 0 fully saturated rings. The molecule has 0 saturated carbocycles. The minimum Gasteiger partial charge on any atom is -0.379 e. The number of hydrogen-bond donors (Lipinski definition) is 1. The van der Waals surface area contributed by atoms with E-state index in [1.54, 1.807) is 17.1 Å². The third-order valence-corrected chi connectivity index (χ3v) is 3.70. The zero-order valence-corrected chi connectivity index (χ0v) is 13.3. The summed E-state index contributed by atoms with van der Waals surface area (Å²) in [5.74, 6) is 0. The highest BCUT2D eigenvalue weighted by molar-refractivity contribution is 9.10. The standard InChI is InChI=1S/C15H12BrClN4/c16-12-7-11(8-18-10-12)9-19-14-4-1-3-13(17)15(14)21-6-2-5-20-21/h1-8,10,19H,9H2. The van der Waals surface area contributed by atoms with Crippen LogP contribution in [0.1, 0.15) is 5.56 Å². The van der Waals surface area contributed by atoms with E-state index in [2.05, 4.69) is 31.3 Å². The maximum Gasteiger partial charge on any atom is 0.106 e. The lowest BCUT2D eigenvalue weighted by molar-refractivity contribution is 0.879. The topological polar surface area (TPSA) is 42.7 Å². The molecule has 0 amide bonds. The predicted octanol–water partition coefficient (Wildman–Crippen LogP) is 4.30. The molecule has 0 radical (unpaired) electrons. The van der Waals surface area contributed by atoms with Gasteiger partial charge in [0.2, 0.25) is 0 Å². The van der Waals surface area contributed by atoms with Gasteiger partial charge < -0.3 is 5.32 Å². The van der Waals surface area contributed by atoms with Gasteiger partial charge in [0.05, 0.1) is 10.7 Å². The monoisotopic (exact) mass is 362 g/mol. The third-order valence-electron chi connectivity index (χ3n) is 2.96. The molecule has 0 spiro atoms. The van der Waals surface area contributed by atoms with Gasteiger partial charge in [0.15, 0.2) is 0 Å². The molecule has 0 aliphatic carbocycles. The highest BCUT2D eigenvalue weighted by Crippen LogP contribution is 2.28. The number of rotatable bonds is 4. The van der Waals surface area contributed by atoms with Gasteiger partial charge in [-0.25, -0.2) is 4.68 Å². The minimum absolute atomic E-state index is 0.649. The van der Waals surface area contributed by atoms with Crippen molar-refractivity contribution in [2.75, 3.05) is 5.32 Å². The molecule has 1 N–H and O–H groups in total. The fourth-order valence-electron chi connectivity index (χ4n) is 2.04. The van der Waals surface area contributed by atoms with Crippen LogP contribution in [0.5, 0.6) is 0 Å². The van der Waals surface area contributed by atoms with Crippen LogP contribution in [0.4, 0.5) is 5.69 Å². The van der Waals surface area contributed by atoms with Crippen molar-refractivity contribution < 1.29 is 0 Å². The molecule has 0 aliphatic heterocycles. The molecule has 0 atom stereocenters. The van der Waals surface area contributed by atoms with Crippen LogP contribution < -0.4 is 5.32 Å². The molecule has 106 valence electrons. The molecule has 0 saturated heterocycles. The van der Waals surface area contributed by atoms with E-state index in [9.17, 15) is 0 Å². The van der Waals surface area contributed by atoms with Crippen LogP contribution in [-0.2, 0) is 6.54 Å². The molecule has 3 rings (SSSR count). The van der Waals surface area contributed by atoms with Gasteiger partial charge in [0, 0.05) is 35.8 Å². The Labute approximate surface area is 135 Å². The smallest absolute Gasteiger partial charge is 0.106 e. The van der Waals surface area contributed by atoms with Crippen molar-refractivity contribution in [3.63, 3.8) is 0 Å². The van der Waals surface area contributed by atoms with Crippen molar-refractivity contribution in [2.24, 2.45) is 0 Å². The van der Waals surface area contributed by atoms with Crippen LogP contribution in [0.15, 0.2) is 59.6 Å². The lowest BCUT2D eigenvalue weighted by Gasteiger charge is -2.13. The molecular weight excluding hydrogens is 352 g/mol. The number of anilines is 1. The molecule has 0 aliphatic rings. The van der Waals surface area contributed by atoms with Gasteiger partial charge >= 0.3 is 0 Å². The maximum absolute atomic E-state index is 6.31. The van der Waals surface area contributed by atoms with E-state index in [-0.39, 0.29) is 0 Å². The minimum atomic E-state index is 0.649. The highest BCUT2D eigenvalue weighted by atomic mass is 79.9. The number of nitrogens with one attached hydrogen (secondary N) is 1. The van der Waals surface area contributed by atoms with E-state index < -0.39 is 0 Å². The van der Waals surface area contributed by atoms with Gasteiger partial charge in [-0.15, -0.1) is 0 Å². The number of pyridine rings is 1. The molecule has 21 heavy (non-hydrogen) atoms. The summed E-state index contributed by atoms with van der Waals surface area (Å²) in [5.41, 5.74) is 2.84. The lowest BCUT2D eigenvalue weighted by atomic mass is 10.2. The molecule has 2 heterocycles. The van der Waals surface area contributed by atoms with Crippen LogP contribution in [0.25, 0.3) is 5.69 Å². The Kier molecular flexibility index (Phi) is 4.22. The number of hydrogen-bond acceptors (Lipinski definition) is 3. The van der Waals surface area contributed by atoms with Gasteiger partial charge in [-0.05, 0) is 45.8 Å². The Morgan fingerprint density at radius 3 is 2.90 bits per heavy atom. The largest absolute Gasteiger partial charge is 0.379 e. The fraction of sp³-hybridized carbons (Fsp3) is 0.0667. The second kappa shape index (κ2) is 6.28. The van der Waals surface area contributed by atoms with Crippen molar-refractivity contribution in [1.29, 1.82) is 0 Å². The van der Waals surface area contributed by atoms with Crippen LogP contribution >= 0.6 is 27.5 Å². The number of halogens is 2. The Bertz CT molecular complexity index is 743. The molecule has 4 nitrogen and oxygen atoms in total. The van der Waals surface area contributed by atoms with Crippen LogP contribution in [0.3, 0.4) is 0 Å². The summed E-state index contributed by atoms with van der Waals surface area (Å²) in [5, 5.41) is 8.28. The SMILES string of the molecule is Clc1cccc(NCc2cncc(Br)c2)c1-n1cccn1. The van der Waals surface area contributed by atoms with E-state index in [0.29, 0.717) is 11.6 Å². The first-order chi connectivity index (χ1) is 10.2. The predicted molar refractivity (Wildman–Crippen MR) is 87.8 cm³/mol. The van der Waals surface area contributed by atoms with Gasteiger partial charge in [-0.3, -0.25) is 4.98 Å². The average Bonchev–Trinajstić information content (AvgIpc) is 2.99. The van der Waals surface area contributed by atoms with E-state index in [0.717, 1.165) is 21.4 Å². The van der Waals surface area contributed by atoms with Crippen molar-refractivity contribution in [1.82, 2.24) is 14.8 Å². The van der Waals surface area contributed by atoms with Gasteiger partial charge in [0.25, 0.3) is 0 Å². The zero-order valence-electron chi connectivity index (χ0n) is 11.0. The highest BCUT2D eigenvalue weighted by Gasteiger charge is 2.09. The van der Waals surface area contributed by atoms with E-state index in [1.807, 2.05) is 42.7 Å². The third kappa shape index (κ3) is 3.25. The normalized spacial score (nSPS) is 10.6. The molecular formula is C15H12BrClN4. The molecule has 0 unspecified atom stereocenters. The summed E-state index contributed by atoms with van der Waals surface area (Å²) in [6, 6.07) is 9.64. The quantitative estimate of drug-likeness (QED) is 0.751. The molecule has 1 aromatic carbocycles. The van der Waals surface area contributed by atoms with Gasteiger partial charge in [0.1, 0.15) is 5.69 Å². The van der Waals surface area contributed by atoms with E-state index in [4.69, 9.17) is 11.6 Å². The zero-order chi connectivity index (χ0) is 14.7. The lowest BCUT2D eigenvalue weighted by Crippen LogP contribution is -2.05. The summed E-state index contributed by atoms with van der Waals surface area (Å²) in [7, 11) is 0. The Hall–Kier alpha value is -1.85. The summed E-state index contributed by atoms with van der Waals surface area (Å²) in [6.07, 6.45) is 7.19. The molecule has 2 aromatic heterocycles. The first-order valence-electron chi connectivity index (χ1n) is 6.36. The Morgan fingerprint density at radius 2 is 2.14 bits per heavy atom. The van der Waals surface area contributed by atoms with Crippen LogP contribution in [0, 0.1) is 0 Å². The van der Waals surface area contributed by atoms with Crippen molar-refractivity contribution in [2.45, 2.75) is 6.54 Å². The first-order valence-corrected chi connectivity index (χ1v) is 7.53. The molecule has 3 aromatic rings. The summed E-state index contributed by atoms with van der Waals surface area (Å²) in [4.78, 5) is 4.16. The average molecular weight is 364 g/mol. The molecule has 0 bridgehead atoms. The molecule has 6 heteroatoms. The van der Waals surface area contributed by atoms with Gasteiger partial charge in [-0.1, -0.05) is 17.7 Å². The second-order valence-electron chi connectivity index (χ2n) is 4.45. The van der Waals surface area contributed by atoms with Crippen LogP contribution in [0.2, 0.25) is 5.02 Å². The van der Waals surface area contributed by atoms with Crippen molar-refractivity contribution in [3.05, 3.63) is 70.2 Å². The second-order valence-corrected chi connectivity index (χ2v) is 5.77. The Balaban J connectivity index is 1.88.